The second kappa shape index (κ2) is 16.2. The second-order valence-electron chi connectivity index (χ2n) is 9.69. The number of nitrogens with one attached hydrogen (secondary N) is 1. The van der Waals surface area contributed by atoms with Gasteiger partial charge in [0.25, 0.3) is 5.91 Å². The SMILES string of the molecule is CCSC[C@H](OCc1ccc(C(=O)N[C@@H](CCSC)C(=O)O)c(-c2ccccc2C)c1)c1cnc(CN(C)C)s1. The maximum Gasteiger partial charge on any atom is 0.326 e. The van der Waals surface area contributed by atoms with Crippen LogP contribution < -0.4 is 5.32 Å². The predicted octanol–water partition coefficient (Wildman–Crippen LogP) is 6.13. The Labute approximate surface area is 250 Å². The maximum atomic E-state index is 13.4. The number of carbonyl (C=O) groups is 2. The van der Waals surface area contributed by atoms with Crippen LogP contribution in [0.1, 0.15) is 50.8 Å². The van der Waals surface area contributed by atoms with Gasteiger partial charge in [-0.1, -0.05) is 37.3 Å². The Kier molecular flexibility index (Phi) is 13.0. The molecule has 0 unspecified atom stereocenters. The van der Waals surface area contributed by atoms with Crippen LogP contribution in [0.5, 0.6) is 0 Å². The number of amides is 1. The van der Waals surface area contributed by atoms with Gasteiger partial charge in [0.1, 0.15) is 17.2 Å². The summed E-state index contributed by atoms with van der Waals surface area (Å²) < 4.78 is 6.45. The molecule has 0 fully saturated rings. The number of ether oxygens (including phenoxy) is 1. The third-order valence-corrected chi connectivity index (χ3v) is 8.91. The summed E-state index contributed by atoms with van der Waals surface area (Å²) in [4.78, 5) is 32.9. The van der Waals surface area contributed by atoms with Crippen LogP contribution in [0.2, 0.25) is 0 Å². The number of aryl methyl sites for hydroxylation is 1. The molecule has 0 aliphatic carbocycles. The van der Waals surface area contributed by atoms with Crippen molar-refractivity contribution in [3.63, 3.8) is 0 Å². The highest BCUT2D eigenvalue weighted by Crippen LogP contribution is 2.31. The fourth-order valence-corrected chi connectivity index (χ4v) is 6.55. The second-order valence-corrected chi connectivity index (χ2v) is 13.1. The van der Waals surface area contributed by atoms with Crippen molar-refractivity contribution in [2.45, 2.75) is 45.6 Å². The third-order valence-electron chi connectivity index (χ3n) is 6.24. The van der Waals surface area contributed by atoms with Crippen molar-refractivity contribution >= 4 is 46.7 Å². The molecule has 0 aliphatic heterocycles. The summed E-state index contributed by atoms with van der Waals surface area (Å²) in [5.41, 5.74) is 4.11. The summed E-state index contributed by atoms with van der Waals surface area (Å²) in [6.07, 6.45) is 4.11. The number of nitrogens with zero attached hydrogens (tertiary/aromatic N) is 2. The molecular formula is C30H39N3O4S3. The highest BCUT2D eigenvalue weighted by molar-refractivity contribution is 7.99. The Bertz CT molecular complexity index is 1260. The molecule has 2 atom stereocenters. The topological polar surface area (TPSA) is 91.8 Å². The van der Waals surface area contributed by atoms with Crippen LogP contribution in [0.15, 0.2) is 48.7 Å². The molecule has 1 heterocycles. The minimum absolute atomic E-state index is 0.0870. The zero-order valence-corrected chi connectivity index (χ0v) is 26.3. The number of thiazole rings is 1. The van der Waals surface area contributed by atoms with Gasteiger partial charge in [-0.3, -0.25) is 4.79 Å². The fourth-order valence-electron chi connectivity index (χ4n) is 4.16. The van der Waals surface area contributed by atoms with E-state index < -0.39 is 17.9 Å². The molecule has 1 aromatic heterocycles. The molecule has 10 heteroatoms. The molecule has 0 bridgehead atoms. The molecule has 3 rings (SSSR count). The van der Waals surface area contributed by atoms with Gasteiger partial charge in [0, 0.05) is 24.1 Å². The normalized spacial score (nSPS) is 12.8. The maximum absolute atomic E-state index is 13.4. The van der Waals surface area contributed by atoms with Crippen molar-refractivity contribution in [2.75, 3.05) is 37.6 Å². The Morgan fingerprint density at radius 2 is 1.95 bits per heavy atom. The number of hydrogen-bond donors (Lipinski definition) is 2. The van der Waals surface area contributed by atoms with Crippen LogP contribution in [0.3, 0.4) is 0 Å². The molecule has 0 spiro atoms. The lowest BCUT2D eigenvalue weighted by Crippen LogP contribution is -2.41. The molecule has 0 radical (unpaired) electrons. The lowest BCUT2D eigenvalue weighted by atomic mass is 9.93. The van der Waals surface area contributed by atoms with Crippen molar-refractivity contribution in [1.82, 2.24) is 15.2 Å². The van der Waals surface area contributed by atoms with Gasteiger partial charge >= 0.3 is 5.97 Å². The number of thioether (sulfide) groups is 2. The van der Waals surface area contributed by atoms with E-state index in [1.54, 1.807) is 29.2 Å². The van der Waals surface area contributed by atoms with Crippen molar-refractivity contribution < 1.29 is 19.4 Å². The zero-order chi connectivity index (χ0) is 29.1. The molecule has 216 valence electrons. The van der Waals surface area contributed by atoms with E-state index in [-0.39, 0.29) is 6.10 Å². The predicted molar refractivity (Wildman–Crippen MR) is 169 cm³/mol. The summed E-state index contributed by atoms with van der Waals surface area (Å²) in [5.74, 6) is 1.05. The minimum atomic E-state index is -1.03. The van der Waals surface area contributed by atoms with Gasteiger partial charge in [-0.25, -0.2) is 9.78 Å². The smallest absolute Gasteiger partial charge is 0.326 e. The Morgan fingerprint density at radius 3 is 2.62 bits per heavy atom. The molecule has 0 aliphatic rings. The fraction of sp³-hybridized carbons (Fsp3) is 0.433. The Hall–Kier alpha value is -2.37. The first-order chi connectivity index (χ1) is 19.2. The summed E-state index contributed by atoms with van der Waals surface area (Å²) in [6.45, 7) is 5.32. The van der Waals surface area contributed by atoms with E-state index >= 15 is 0 Å². The molecule has 0 saturated heterocycles. The lowest BCUT2D eigenvalue weighted by molar-refractivity contribution is -0.139. The lowest BCUT2D eigenvalue weighted by Gasteiger charge is -2.19. The summed E-state index contributed by atoms with van der Waals surface area (Å²) in [5, 5.41) is 13.4. The highest BCUT2D eigenvalue weighted by Gasteiger charge is 2.23. The van der Waals surface area contributed by atoms with Gasteiger partial charge in [-0.15, -0.1) is 11.3 Å². The zero-order valence-electron chi connectivity index (χ0n) is 23.8. The average molecular weight is 602 g/mol. The number of carboxylic acids is 1. The van der Waals surface area contributed by atoms with E-state index in [1.807, 2.05) is 81.6 Å². The van der Waals surface area contributed by atoms with Gasteiger partial charge in [-0.2, -0.15) is 23.5 Å². The van der Waals surface area contributed by atoms with E-state index in [0.717, 1.165) is 50.2 Å². The number of aromatic nitrogens is 1. The largest absolute Gasteiger partial charge is 0.480 e. The average Bonchev–Trinajstić information content (AvgIpc) is 3.38. The first kappa shape index (κ1) is 32.1. The van der Waals surface area contributed by atoms with Gasteiger partial charge in [0.05, 0.1) is 11.5 Å². The van der Waals surface area contributed by atoms with E-state index in [1.165, 1.54) is 0 Å². The van der Waals surface area contributed by atoms with Crippen LogP contribution in [0.25, 0.3) is 11.1 Å². The third kappa shape index (κ3) is 9.34. The summed E-state index contributed by atoms with van der Waals surface area (Å²) >= 11 is 5.07. The van der Waals surface area contributed by atoms with Crippen LogP contribution in [0.4, 0.5) is 0 Å². The van der Waals surface area contributed by atoms with E-state index in [2.05, 4.69) is 22.1 Å². The summed E-state index contributed by atoms with van der Waals surface area (Å²) in [6, 6.07) is 12.6. The number of hydrogen-bond acceptors (Lipinski definition) is 8. The minimum Gasteiger partial charge on any atom is -0.480 e. The molecular weight excluding hydrogens is 563 g/mol. The van der Waals surface area contributed by atoms with Gasteiger partial charge in [0.15, 0.2) is 0 Å². The van der Waals surface area contributed by atoms with Gasteiger partial charge in [-0.05, 0) is 79.6 Å². The van der Waals surface area contributed by atoms with Gasteiger partial charge in [0.2, 0.25) is 0 Å². The first-order valence-corrected chi connectivity index (χ1v) is 16.6. The van der Waals surface area contributed by atoms with Crippen molar-refractivity contribution in [3.05, 3.63) is 75.2 Å². The first-order valence-electron chi connectivity index (χ1n) is 13.2. The number of aliphatic carboxylic acids is 1. The van der Waals surface area contributed by atoms with Crippen molar-refractivity contribution in [2.24, 2.45) is 0 Å². The molecule has 3 aromatic rings. The van der Waals surface area contributed by atoms with Crippen molar-refractivity contribution in [1.29, 1.82) is 0 Å². The quantitative estimate of drug-likeness (QED) is 0.203. The monoisotopic (exact) mass is 601 g/mol. The molecule has 1 amide bonds. The molecule has 7 nitrogen and oxygen atoms in total. The molecule has 0 saturated carbocycles. The number of carboxylic acid groups (broad SMARTS) is 1. The number of carbonyl (C=O) groups excluding carboxylic acids is 1. The van der Waals surface area contributed by atoms with E-state index in [0.29, 0.717) is 24.3 Å². The van der Waals surface area contributed by atoms with Crippen LogP contribution in [0, 0.1) is 6.92 Å². The Morgan fingerprint density at radius 1 is 1.18 bits per heavy atom. The number of benzene rings is 2. The highest BCUT2D eigenvalue weighted by atomic mass is 32.2. The molecule has 2 aromatic carbocycles. The van der Waals surface area contributed by atoms with E-state index in [4.69, 9.17) is 4.74 Å². The van der Waals surface area contributed by atoms with Gasteiger partial charge < -0.3 is 20.1 Å². The number of rotatable bonds is 16. The Balaban J connectivity index is 1.88. The van der Waals surface area contributed by atoms with E-state index in [9.17, 15) is 14.7 Å². The van der Waals surface area contributed by atoms with Crippen LogP contribution in [-0.2, 0) is 22.7 Å². The van der Waals surface area contributed by atoms with Crippen LogP contribution in [-0.4, -0.2) is 70.5 Å². The molecule has 2 N–H and O–H groups in total. The summed E-state index contributed by atoms with van der Waals surface area (Å²) in [7, 11) is 4.06. The van der Waals surface area contributed by atoms with Crippen molar-refractivity contribution in [3.8, 4) is 11.1 Å². The van der Waals surface area contributed by atoms with Crippen LogP contribution >= 0.6 is 34.9 Å². The standard InChI is InChI=1S/C30H39N3O4S3/c1-6-39-19-26(27-16-31-28(40-27)17-33(3)4)37-18-21-11-12-23(24(15-21)22-10-8-7-9-20(22)2)29(34)32-25(30(35)36)13-14-38-5/h7-12,15-16,25-26H,6,13-14,17-19H2,1-5H3,(H,32,34)(H,35,36)/t25-,26-/m0/s1. The molecule has 40 heavy (non-hydrogen) atoms.